The molecule has 0 radical (unpaired) electrons. The second-order valence-corrected chi connectivity index (χ2v) is 27.8. The number of aromatic nitrogens is 10. The number of aliphatic hydroxyl groups is 1. The molecule has 0 atom stereocenters. The van der Waals surface area contributed by atoms with Gasteiger partial charge in [0.2, 0.25) is 5.82 Å². The summed E-state index contributed by atoms with van der Waals surface area (Å²) in [6.45, 7) is 2.25. The van der Waals surface area contributed by atoms with E-state index < -0.39 is 47.3 Å². The third kappa shape index (κ3) is 18.9. The molecule has 0 saturated heterocycles. The van der Waals surface area contributed by atoms with Gasteiger partial charge in [0.1, 0.15) is 51.3 Å². The average molecular weight is 1580 g/mol. The van der Waals surface area contributed by atoms with Crippen LogP contribution in [0.25, 0.3) is 33.4 Å². The van der Waals surface area contributed by atoms with E-state index in [0.717, 1.165) is 0 Å². The van der Waals surface area contributed by atoms with Gasteiger partial charge < -0.3 is 109 Å². The van der Waals surface area contributed by atoms with E-state index in [2.05, 4.69) is 85.3 Å². The lowest BCUT2D eigenvalue weighted by Gasteiger charge is -2.17. The van der Waals surface area contributed by atoms with Crippen LogP contribution in [0.15, 0.2) is 166 Å². The van der Waals surface area contributed by atoms with Gasteiger partial charge in [0.05, 0.1) is 39.7 Å². The molecule has 115 heavy (non-hydrogen) atoms. The molecule has 2 aromatic carbocycles. The Hall–Kier alpha value is -14.5. The van der Waals surface area contributed by atoms with Crippen molar-refractivity contribution in [2.45, 2.75) is 25.7 Å². The predicted octanol–water partition coefficient (Wildman–Crippen LogP) is 8.62. The van der Waals surface area contributed by atoms with E-state index in [9.17, 15) is 63.3 Å². The van der Waals surface area contributed by atoms with Crippen LogP contribution in [0, 0.1) is 0 Å². The maximum absolute atomic E-state index is 13.7. The average Bonchev–Trinajstić information content (AvgIpc) is 1.34. The number of amides is 8. The Morgan fingerprint density at radius 1 is 0.496 bits per heavy atom. The summed E-state index contributed by atoms with van der Waals surface area (Å²) in [4.78, 5) is 151. The summed E-state index contributed by atoms with van der Waals surface area (Å²) in [6.07, 6.45) is 15.6. The Balaban J connectivity index is 0.542. The van der Waals surface area contributed by atoms with E-state index in [1.54, 1.807) is 144 Å². The number of carboxylic acids is 1. The molecule has 0 saturated carbocycles. The van der Waals surface area contributed by atoms with E-state index >= 15 is 0 Å². The molecular formula is C78H82N22O14S. The van der Waals surface area contributed by atoms with Crippen LogP contribution in [0.4, 0.5) is 45.6 Å². The Morgan fingerprint density at radius 3 is 1.56 bits per heavy atom. The second kappa shape index (κ2) is 34.4. The first kappa shape index (κ1) is 80.0. The van der Waals surface area contributed by atoms with Crippen molar-refractivity contribution in [1.82, 2.24) is 62.0 Å². The van der Waals surface area contributed by atoms with Gasteiger partial charge >= 0.3 is 5.97 Å². The SMILES string of the molecule is CN(CCCN=C(S)Nc1ccc(-c2c3ccc(=O)cc-3oc3cc(O)ccc23)c(C(=O)O)c1)CCCNC(=O)c1cc(NC(=O)c2cc(NC(=O)c3cc(NC(=O)c4cc(N=C(O)CCCNC(=O)c5nc(NC(=O)c6cc(NC(=O)c7cc(NC(=O)c8nccn8C)cn7C)cn6C)cn5C)cn4C)cn3C)cn2C)cn1C. The monoisotopic (exact) mass is 1580 g/mol. The summed E-state index contributed by atoms with van der Waals surface area (Å²) in [7, 11) is 15.1. The highest BCUT2D eigenvalue weighted by molar-refractivity contribution is 7.97. The highest BCUT2D eigenvalue weighted by Gasteiger charge is 2.27. The number of phenolic OH excluding ortho intramolecular Hbond substituents is 1. The second-order valence-electron chi connectivity index (χ2n) is 27.3. The summed E-state index contributed by atoms with van der Waals surface area (Å²) in [5.74, 6) is -4.99. The van der Waals surface area contributed by atoms with E-state index in [0.29, 0.717) is 101 Å². The maximum atomic E-state index is 13.7. The first-order valence-electron chi connectivity index (χ1n) is 35.9. The Bertz CT molecular complexity index is 5910. The molecule has 0 unspecified atom stereocenters. The zero-order chi connectivity index (χ0) is 82.2. The number of carbonyl (C=O) groups excluding carboxylic acids is 8. The first-order valence-corrected chi connectivity index (χ1v) is 36.3. The molecule has 0 spiro atoms. The number of nitrogens with zero attached hydrogens (tertiary/aromatic N) is 13. The van der Waals surface area contributed by atoms with Crippen LogP contribution < -0.4 is 53.3 Å². The van der Waals surface area contributed by atoms with Crippen molar-refractivity contribution in [3.63, 3.8) is 0 Å². The number of carboxylic acid groups (broad SMARTS) is 1. The van der Waals surface area contributed by atoms with Crippen LogP contribution in [0.3, 0.4) is 0 Å². The van der Waals surface area contributed by atoms with Crippen molar-refractivity contribution in [2.75, 3.05) is 77.0 Å². The van der Waals surface area contributed by atoms with Gasteiger partial charge in [0.15, 0.2) is 28.1 Å². The van der Waals surface area contributed by atoms with Crippen LogP contribution in [0.5, 0.6) is 5.75 Å². The molecule has 594 valence electrons. The smallest absolute Gasteiger partial charge is 0.336 e. The van der Waals surface area contributed by atoms with Crippen LogP contribution in [-0.2, 0) is 56.4 Å². The number of amidine groups is 1. The lowest BCUT2D eigenvalue weighted by Crippen LogP contribution is -2.29. The maximum Gasteiger partial charge on any atom is 0.336 e. The van der Waals surface area contributed by atoms with Crippen LogP contribution in [0.1, 0.15) is 120 Å². The number of hydrogen-bond acceptors (Lipinski definition) is 17. The fourth-order valence-corrected chi connectivity index (χ4v) is 13.2. The molecule has 9 heterocycles. The summed E-state index contributed by atoms with van der Waals surface area (Å²) in [5.41, 5.74) is 5.03. The van der Waals surface area contributed by atoms with E-state index in [-0.39, 0.29) is 116 Å². The molecule has 0 fully saturated rings. The number of nitrogens with one attached hydrogen (secondary N) is 9. The third-order valence-electron chi connectivity index (χ3n) is 18.6. The molecule has 1 aliphatic heterocycles. The normalized spacial score (nSPS) is 11.6. The number of fused-ring (bicyclic) bond motifs is 2. The van der Waals surface area contributed by atoms with Crippen molar-refractivity contribution in [3.8, 4) is 28.2 Å². The number of rotatable bonds is 30. The van der Waals surface area contributed by atoms with Gasteiger partial charge in [-0.1, -0.05) is 6.07 Å². The Kier molecular flexibility index (Phi) is 24.0. The number of thiol groups is 1. The molecular weight excluding hydrogens is 1500 g/mol. The topological polar surface area (TPSA) is 446 Å². The molecule has 12 rings (SSSR count). The van der Waals surface area contributed by atoms with Crippen LogP contribution in [0.2, 0.25) is 0 Å². The lowest BCUT2D eigenvalue weighted by atomic mass is 9.90. The van der Waals surface area contributed by atoms with Gasteiger partial charge in [0, 0.05) is 173 Å². The van der Waals surface area contributed by atoms with Crippen molar-refractivity contribution in [3.05, 3.63) is 208 Å². The molecule has 12 N–H and O–H groups in total. The lowest BCUT2D eigenvalue weighted by molar-refractivity contribution is 0.0695. The van der Waals surface area contributed by atoms with E-state index in [1.165, 1.54) is 95.9 Å². The first-order chi connectivity index (χ1) is 54.9. The Morgan fingerprint density at radius 2 is 1.00 bits per heavy atom. The van der Waals surface area contributed by atoms with Gasteiger partial charge in [-0.05, 0) is 118 Å². The number of aromatic carboxylic acids is 1. The summed E-state index contributed by atoms with van der Waals surface area (Å²) in [6, 6.07) is 22.6. The van der Waals surface area contributed by atoms with Gasteiger partial charge in [0.25, 0.3) is 47.3 Å². The fourth-order valence-electron chi connectivity index (χ4n) is 12.9. The largest absolute Gasteiger partial charge is 0.508 e. The number of hydrogen-bond donors (Lipinski definition) is 13. The van der Waals surface area contributed by atoms with Crippen molar-refractivity contribution < 1.29 is 62.9 Å². The van der Waals surface area contributed by atoms with Crippen molar-refractivity contribution >= 4 is 134 Å². The zero-order valence-electron chi connectivity index (χ0n) is 63.8. The third-order valence-corrected chi connectivity index (χ3v) is 18.8. The number of aryl methyl sites for hydroxylation is 8. The van der Waals surface area contributed by atoms with Gasteiger partial charge in [-0.2, -0.15) is 0 Å². The van der Waals surface area contributed by atoms with E-state index in [4.69, 9.17) is 4.42 Å². The standard InChI is InChI=1S/C78H82N22O14S/c1-92(25-12-22-82-78(115)89-43-14-17-52(55(27-43)77(112)113)66-53-18-15-50(101)34-62(53)114-63-35-51(102)16-19-54(63)66)24-11-21-80-69(104)56-29-45(37-94(56)3)84-71(106)58-31-47(39-96(58)5)86-72(107)59-30-46(38-97(59)6)85-70(105)57-28-44(36-95(57)4)83-65(103)13-10-20-81-75(110)68-90-64(42-100(68)9)91-74(109)61-32-48(40-99(61)8)87-73(108)60-33-49(41-98(60)7)88-76(111)67-79-23-26-93(67)2/h14-19,23,26-42,101H,10-13,20-22,24-25H2,1-9H3,(H,80,104)(H,81,110)(H,83,103)(H,84,106)(H,85,105)(H,86,107)(H,87,108)(H,88,111)(H,91,109)(H,112,113)(H2,82,89,115). The molecule has 37 heteroatoms. The van der Waals surface area contributed by atoms with Crippen LogP contribution in [-0.4, -0.2) is 171 Å². The predicted molar refractivity (Wildman–Crippen MR) is 435 cm³/mol. The number of carbonyl (C=O) groups is 9. The molecule has 0 bridgehead atoms. The Labute approximate surface area is 660 Å². The van der Waals surface area contributed by atoms with Crippen molar-refractivity contribution in [1.29, 1.82) is 0 Å². The number of anilines is 7. The molecule has 8 amide bonds. The van der Waals surface area contributed by atoms with Crippen molar-refractivity contribution in [2.24, 2.45) is 66.4 Å². The van der Waals surface area contributed by atoms with Gasteiger partial charge in [-0.25, -0.2) is 19.8 Å². The summed E-state index contributed by atoms with van der Waals surface area (Å²) < 4.78 is 18.2. The number of aliphatic imine (C=N–C) groups is 2. The minimum absolute atomic E-state index is 0.00874. The van der Waals surface area contributed by atoms with Gasteiger partial charge in [-0.15, -0.1) is 12.6 Å². The molecule has 36 nitrogen and oxygen atoms in total. The van der Waals surface area contributed by atoms with Gasteiger partial charge in [-0.3, -0.25) is 48.1 Å². The molecule has 1 aliphatic carbocycles. The number of aliphatic hydroxyl groups excluding tert-OH is 1. The van der Waals surface area contributed by atoms with Crippen LogP contribution >= 0.6 is 12.6 Å². The quantitative estimate of drug-likeness (QED) is 0.00658. The number of aromatic hydroxyl groups is 1. The number of phenols is 1. The number of benzene rings is 3. The number of imidazole rings is 2. The zero-order valence-corrected chi connectivity index (χ0v) is 64.7. The summed E-state index contributed by atoms with van der Waals surface area (Å²) in [5, 5.41) is 57.5. The van der Waals surface area contributed by atoms with E-state index in [1.807, 2.05) is 7.05 Å². The summed E-state index contributed by atoms with van der Waals surface area (Å²) >= 11 is 4.51. The highest BCUT2D eigenvalue weighted by Crippen LogP contribution is 2.43. The minimum Gasteiger partial charge on any atom is -0.508 e. The molecule has 8 aromatic heterocycles. The molecule has 2 aliphatic rings. The highest BCUT2D eigenvalue weighted by atomic mass is 32.1. The minimum atomic E-state index is -1.19. The fraction of sp³-hybridized carbons (Fsp3) is 0.231. The molecule has 10 aromatic rings.